The highest BCUT2D eigenvalue weighted by molar-refractivity contribution is 5.79. The quantitative estimate of drug-likeness (QED) is 0.600. The smallest absolute Gasteiger partial charge is 0.276 e. The summed E-state index contributed by atoms with van der Waals surface area (Å²) in [5.74, 6) is 0.0573. The molecule has 0 aromatic rings. The molecule has 0 aromatic heterocycles. The molecule has 0 aliphatic heterocycles. The summed E-state index contributed by atoms with van der Waals surface area (Å²) in [5, 5.41) is 0. The van der Waals surface area contributed by atoms with E-state index < -0.39 is 12.0 Å². The Morgan fingerprint density at radius 2 is 1.75 bits per heavy atom. The highest BCUT2D eigenvalue weighted by atomic mass is 19.2. The predicted molar refractivity (Wildman–Crippen MR) is 66.7 cm³/mol. The van der Waals surface area contributed by atoms with Crippen molar-refractivity contribution in [3.63, 3.8) is 0 Å². The first kappa shape index (κ1) is 20.5. The van der Waals surface area contributed by atoms with Gasteiger partial charge in [0.25, 0.3) is 5.91 Å². The van der Waals surface area contributed by atoms with Crippen molar-refractivity contribution in [3.8, 4) is 0 Å². The standard InChI is InChI=1S/C6H10FNO2.C4H10.C2H6/c1-3-4-10-5(2)6(9)8-7;1-4(2)3;1-2/h3,5H,1,4H2,2H3,(H,8,9);4H,1-3H3;1-2H3. The van der Waals surface area contributed by atoms with Gasteiger partial charge >= 0.3 is 0 Å². The second kappa shape index (κ2) is 16.5. The Kier molecular flexibility index (Phi) is 21.2. The first-order valence-electron chi connectivity index (χ1n) is 5.58. The van der Waals surface area contributed by atoms with Gasteiger partial charge in [-0.1, -0.05) is 40.7 Å². The summed E-state index contributed by atoms with van der Waals surface area (Å²) in [6, 6.07) is 0. The van der Waals surface area contributed by atoms with Gasteiger partial charge in [-0.25, -0.2) is 0 Å². The number of rotatable bonds is 4. The average Bonchev–Trinajstić information content (AvgIpc) is 2.26. The fourth-order valence-electron chi connectivity index (χ4n) is 0.365. The van der Waals surface area contributed by atoms with Crippen LogP contribution in [0.3, 0.4) is 0 Å². The first-order valence-corrected chi connectivity index (χ1v) is 5.58. The fraction of sp³-hybridized carbons (Fsp3) is 0.750. The number of carbonyl (C=O) groups is 1. The Morgan fingerprint density at radius 1 is 1.38 bits per heavy atom. The average molecular weight is 235 g/mol. The lowest BCUT2D eigenvalue weighted by molar-refractivity contribution is -0.135. The van der Waals surface area contributed by atoms with Gasteiger partial charge < -0.3 is 4.74 Å². The summed E-state index contributed by atoms with van der Waals surface area (Å²) in [6.45, 7) is 15.6. The molecule has 1 N–H and O–H groups in total. The van der Waals surface area contributed by atoms with E-state index in [0.717, 1.165) is 11.5 Å². The van der Waals surface area contributed by atoms with Gasteiger partial charge in [0.15, 0.2) is 0 Å². The molecule has 0 heterocycles. The Hall–Kier alpha value is -0.900. The van der Waals surface area contributed by atoms with Crippen molar-refractivity contribution < 1.29 is 14.0 Å². The van der Waals surface area contributed by atoms with Gasteiger partial charge in [0.1, 0.15) is 6.10 Å². The van der Waals surface area contributed by atoms with Crippen LogP contribution in [0, 0.1) is 5.92 Å². The van der Waals surface area contributed by atoms with E-state index in [1.165, 1.54) is 13.0 Å². The highest BCUT2D eigenvalue weighted by Gasteiger charge is 2.10. The fourth-order valence-corrected chi connectivity index (χ4v) is 0.365. The van der Waals surface area contributed by atoms with Crippen LogP contribution in [0.25, 0.3) is 0 Å². The molecule has 0 saturated heterocycles. The van der Waals surface area contributed by atoms with Gasteiger partial charge in [-0.3, -0.25) is 4.79 Å². The number of carbonyl (C=O) groups excluding carboxylic acids is 1. The molecule has 1 unspecified atom stereocenters. The minimum absolute atomic E-state index is 0.245. The van der Waals surface area contributed by atoms with E-state index in [4.69, 9.17) is 4.74 Å². The molecule has 3 nitrogen and oxygen atoms in total. The molecule has 1 atom stereocenters. The first-order chi connectivity index (χ1) is 7.45. The predicted octanol–water partition coefficient (Wildman–Crippen LogP) is 3.27. The number of nitrogens with one attached hydrogen (secondary N) is 1. The van der Waals surface area contributed by atoms with Gasteiger partial charge in [-0.05, 0) is 12.8 Å². The van der Waals surface area contributed by atoms with E-state index in [1.807, 2.05) is 13.8 Å². The summed E-state index contributed by atoms with van der Waals surface area (Å²) in [7, 11) is 0. The van der Waals surface area contributed by atoms with Gasteiger partial charge in [-0.2, -0.15) is 5.54 Å². The molecule has 0 radical (unpaired) electrons. The largest absolute Gasteiger partial charge is 0.365 e. The molecule has 1 amide bonds. The Bertz CT molecular complexity index is 158. The molecule has 0 bridgehead atoms. The molecule has 4 heteroatoms. The highest BCUT2D eigenvalue weighted by Crippen LogP contribution is 1.89. The molecule has 0 fully saturated rings. The molecule has 0 rings (SSSR count). The van der Waals surface area contributed by atoms with Gasteiger partial charge in [0, 0.05) is 0 Å². The van der Waals surface area contributed by atoms with Gasteiger partial charge in [0.05, 0.1) is 6.61 Å². The van der Waals surface area contributed by atoms with Crippen molar-refractivity contribution in [2.75, 3.05) is 6.61 Å². The van der Waals surface area contributed by atoms with Crippen molar-refractivity contribution in [1.29, 1.82) is 0 Å². The van der Waals surface area contributed by atoms with Crippen LogP contribution in [-0.2, 0) is 9.53 Å². The Balaban J connectivity index is -0.000000237. The van der Waals surface area contributed by atoms with Crippen LogP contribution in [0.1, 0.15) is 41.5 Å². The van der Waals surface area contributed by atoms with Crippen molar-refractivity contribution in [2.24, 2.45) is 5.92 Å². The zero-order valence-corrected chi connectivity index (χ0v) is 11.3. The maximum atomic E-state index is 11.4. The topological polar surface area (TPSA) is 38.3 Å². The molecule has 0 aliphatic carbocycles. The van der Waals surface area contributed by atoms with Crippen LogP contribution < -0.4 is 5.54 Å². The molecule has 16 heavy (non-hydrogen) atoms. The van der Waals surface area contributed by atoms with E-state index in [9.17, 15) is 9.28 Å². The molecule has 0 aliphatic rings. The molecular formula is C12H26FNO2. The summed E-state index contributed by atoms with van der Waals surface area (Å²) in [6.07, 6.45) is 0.727. The second-order valence-electron chi connectivity index (χ2n) is 3.46. The molecular weight excluding hydrogens is 209 g/mol. The summed E-state index contributed by atoms with van der Waals surface area (Å²) >= 11 is 0. The Labute approximate surface area is 99.0 Å². The number of amides is 1. The maximum absolute atomic E-state index is 11.4. The normalized spacial score (nSPS) is 10.2. The lowest BCUT2D eigenvalue weighted by Gasteiger charge is -2.06. The third-order valence-corrected chi connectivity index (χ3v) is 0.926. The minimum atomic E-state index is -0.776. The summed E-state index contributed by atoms with van der Waals surface area (Å²) < 4.78 is 16.1. The van der Waals surface area contributed by atoms with Gasteiger partial charge in [0.2, 0.25) is 0 Å². The lowest BCUT2D eigenvalue weighted by atomic mass is 10.3. The van der Waals surface area contributed by atoms with Gasteiger partial charge in [-0.15, -0.1) is 11.1 Å². The third kappa shape index (κ3) is 23.2. The van der Waals surface area contributed by atoms with Crippen LogP contribution in [0.15, 0.2) is 12.7 Å². The van der Waals surface area contributed by atoms with Crippen molar-refractivity contribution >= 4 is 5.91 Å². The number of hydrogen-bond acceptors (Lipinski definition) is 2. The molecule has 0 spiro atoms. The maximum Gasteiger partial charge on any atom is 0.276 e. The van der Waals surface area contributed by atoms with E-state index in [2.05, 4.69) is 27.4 Å². The zero-order chi connectivity index (χ0) is 13.6. The van der Waals surface area contributed by atoms with Crippen molar-refractivity contribution in [1.82, 2.24) is 5.54 Å². The summed E-state index contributed by atoms with van der Waals surface area (Å²) in [4.78, 5) is 10.4. The minimum Gasteiger partial charge on any atom is -0.365 e. The number of hydrogen-bond donors (Lipinski definition) is 1. The van der Waals surface area contributed by atoms with Crippen LogP contribution in [0.2, 0.25) is 0 Å². The molecule has 98 valence electrons. The van der Waals surface area contributed by atoms with Crippen LogP contribution >= 0.6 is 0 Å². The third-order valence-electron chi connectivity index (χ3n) is 0.926. The second-order valence-corrected chi connectivity index (χ2v) is 3.46. The van der Waals surface area contributed by atoms with Crippen LogP contribution in [-0.4, -0.2) is 18.6 Å². The molecule has 0 aromatic carbocycles. The van der Waals surface area contributed by atoms with E-state index >= 15 is 0 Å². The van der Waals surface area contributed by atoms with Crippen molar-refractivity contribution in [2.45, 2.75) is 47.6 Å². The van der Waals surface area contributed by atoms with Crippen LogP contribution in [0.5, 0.6) is 0 Å². The molecule has 0 saturated carbocycles. The van der Waals surface area contributed by atoms with Crippen LogP contribution in [0.4, 0.5) is 4.48 Å². The zero-order valence-electron chi connectivity index (χ0n) is 11.3. The lowest BCUT2D eigenvalue weighted by Crippen LogP contribution is -2.29. The Morgan fingerprint density at radius 3 is 2.00 bits per heavy atom. The van der Waals surface area contributed by atoms with Crippen molar-refractivity contribution in [3.05, 3.63) is 12.7 Å². The summed E-state index contributed by atoms with van der Waals surface area (Å²) in [5.41, 5.74) is 0.975. The SMILES string of the molecule is C=CCOC(C)C(=O)NF.CC.CC(C)C. The van der Waals surface area contributed by atoms with E-state index in [0.29, 0.717) is 0 Å². The number of ether oxygens (including phenoxy) is 1. The number of halogens is 1. The van der Waals surface area contributed by atoms with E-state index in [-0.39, 0.29) is 6.61 Å². The van der Waals surface area contributed by atoms with E-state index in [1.54, 1.807) is 0 Å². The monoisotopic (exact) mass is 235 g/mol.